The molecule has 0 rings (SSSR count). The number of amides is 1. The monoisotopic (exact) mass is 284 g/mol. The zero-order valence-corrected chi connectivity index (χ0v) is 12.2. The van der Waals surface area contributed by atoms with E-state index in [1.807, 2.05) is 6.07 Å². The van der Waals surface area contributed by atoms with Gasteiger partial charge in [0.1, 0.15) is 6.42 Å². The molecule has 0 bridgehead atoms. The van der Waals surface area contributed by atoms with Crippen LogP contribution in [0.5, 0.6) is 0 Å². The third-order valence-corrected chi connectivity index (χ3v) is 3.13. The maximum atomic E-state index is 11.0. The Kier molecular flexibility index (Phi) is 12.8. The van der Waals surface area contributed by atoms with E-state index in [0.29, 0.717) is 6.54 Å². The van der Waals surface area contributed by atoms with Gasteiger partial charge in [-0.2, -0.15) is 5.26 Å². The van der Waals surface area contributed by atoms with Crippen LogP contribution in [0.4, 0.5) is 0 Å². The summed E-state index contributed by atoms with van der Waals surface area (Å²) in [5.74, 6) is -0.888. The van der Waals surface area contributed by atoms with Gasteiger partial charge >= 0.3 is 5.97 Å². The van der Waals surface area contributed by atoms with Crippen molar-refractivity contribution in [1.82, 2.24) is 5.32 Å². The Morgan fingerprint density at radius 2 is 1.45 bits per heavy atom. The van der Waals surface area contributed by atoms with Crippen LogP contribution in [0.2, 0.25) is 0 Å². The highest BCUT2D eigenvalue weighted by molar-refractivity contribution is 5.77. The van der Waals surface area contributed by atoms with Crippen LogP contribution >= 0.6 is 0 Å². The van der Waals surface area contributed by atoms with Gasteiger partial charge in [-0.1, -0.05) is 44.9 Å². The van der Waals surface area contributed by atoms with Crippen molar-refractivity contribution in [1.29, 1.82) is 5.26 Å². The van der Waals surface area contributed by atoms with E-state index in [9.17, 15) is 9.59 Å². The lowest BCUT2D eigenvalue weighted by Gasteiger charge is -2.03. The molecule has 1 amide bonds. The SMILES string of the molecule is N#CCC(=O)NCCCCCCCCCCCC(=O)O.[HH]. The summed E-state index contributed by atoms with van der Waals surface area (Å²) in [6, 6.07) is 1.82. The van der Waals surface area contributed by atoms with Crippen LogP contribution in [-0.4, -0.2) is 23.5 Å². The van der Waals surface area contributed by atoms with Gasteiger partial charge in [0.25, 0.3) is 0 Å². The number of carboxylic acid groups (broad SMARTS) is 1. The molecule has 0 saturated heterocycles. The Hall–Kier alpha value is -1.57. The normalized spacial score (nSPS) is 9.95. The molecule has 0 aliphatic heterocycles. The lowest BCUT2D eigenvalue weighted by Crippen LogP contribution is -2.23. The maximum absolute atomic E-state index is 11.0. The number of nitrogens with one attached hydrogen (secondary N) is 1. The van der Waals surface area contributed by atoms with Crippen molar-refractivity contribution in [2.45, 2.75) is 70.6 Å². The number of carbonyl (C=O) groups excluding carboxylic acids is 1. The third-order valence-electron chi connectivity index (χ3n) is 3.13. The van der Waals surface area contributed by atoms with Crippen molar-refractivity contribution in [3.8, 4) is 6.07 Å². The predicted molar refractivity (Wildman–Crippen MR) is 79.2 cm³/mol. The van der Waals surface area contributed by atoms with Crippen LogP contribution < -0.4 is 5.32 Å². The van der Waals surface area contributed by atoms with Gasteiger partial charge in [0.2, 0.25) is 5.91 Å². The molecule has 0 spiro atoms. The van der Waals surface area contributed by atoms with Crippen LogP contribution in [0.3, 0.4) is 0 Å². The molecule has 0 aliphatic rings. The van der Waals surface area contributed by atoms with Crippen molar-refractivity contribution >= 4 is 11.9 Å². The van der Waals surface area contributed by atoms with Crippen LogP contribution in [0.15, 0.2) is 0 Å². The Morgan fingerprint density at radius 1 is 0.950 bits per heavy atom. The molecule has 0 aromatic carbocycles. The lowest BCUT2D eigenvalue weighted by molar-refractivity contribution is -0.137. The second-order valence-electron chi connectivity index (χ2n) is 5.01. The minimum Gasteiger partial charge on any atom is -0.481 e. The second-order valence-corrected chi connectivity index (χ2v) is 5.01. The van der Waals surface area contributed by atoms with E-state index in [0.717, 1.165) is 32.1 Å². The summed E-state index contributed by atoms with van der Waals surface area (Å²) in [6.07, 6.45) is 9.98. The predicted octanol–water partition coefficient (Wildman–Crippen LogP) is 3.25. The topological polar surface area (TPSA) is 90.2 Å². The molecule has 0 aliphatic carbocycles. The van der Waals surface area contributed by atoms with Crippen molar-refractivity contribution in [3.63, 3.8) is 0 Å². The number of carboxylic acids is 1. The summed E-state index contributed by atoms with van der Waals surface area (Å²) >= 11 is 0. The van der Waals surface area contributed by atoms with Gasteiger partial charge in [0, 0.05) is 14.4 Å². The number of aliphatic carboxylic acids is 1. The fourth-order valence-electron chi connectivity index (χ4n) is 2.00. The molecule has 2 N–H and O–H groups in total. The van der Waals surface area contributed by atoms with Crippen molar-refractivity contribution in [2.24, 2.45) is 0 Å². The molecular formula is C15H28N2O3. The number of nitriles is 1. The highest BCUT2D eigenvalue weighted by Gasteiger charge is 1.98. The van der Waals surface area contributed by atoms with Crippen molar-refractivity contribution in [2.75, 3.05) is 6.54 Å². The number of carbonyl (C=O) groups is 2. The van der Waals surface area contributed by atoms with Crippen LogP contribution in [0.1, 0.15) is 72.1 Å². The van der Waals surface area contributed by atoms with Gasteiger partial charge < -0.3 is 10.4 Å². The number of nitrogens with zero attached hydrogens (tertiary/aromatic N) is 1. The van der Waals surface area contributed by atoms with E-state index in [1.54, 1.807) is 0 Å². The highest BCUT2D eigenvalue weighted by atomic mass is 16.4. The van der Waals surface area contributed by atoms with Crippen molar-refractivity contribution < 1.29 is 16.1 Å². The summed E-state index contributed by atoms with van der Waals surface area (Å²) < 4.78 is 0. The summed E-state index contributed by atoms with van der Waals surface area (Å²) in [5.41, 5.74) is 0. The largest absolute Gasteiger partial charge is 0.481 e. The Bertz CT molecular complexity index is 317. The second kappa shape index (κ2) is 13.9. The molecule has 0 heterocycles. The number of unbranched alkanes of at least 4 members (excludes halogenated alkanes) is 8. The first kappa shape index (κ1) is 18.4. The molecule has 116 valence electrons. The number of hydrogen-bond acceptors (Lipinski definition) is 3. The first-order chi connectivity index (χ1) is 9.66. The quantitative estimate of drug-likeness (QED) is 0.508. The van der Waals surface area contributed by atoms with E-state index in [-0.39, 0.29) is 20.2 Å². The molecule has 0 aromatic heterocycles. The summed E-state index contributed by atoms with van der Waals surface area (Å²) in [5, 5.41) is 19.5. The summed E-state index contributed by atoms with van der Waals surface area (Å²) in [4.78, 5) is 21.3. The standard InChI is InChI=1S/C15H26N2O3.H2/c16-12-11-14(18)17-13-9-7-5-3-1-2-4-6-8-10-15(19)20;/h1-11,13H2,(H,17,18)(H,19,20);1H. The maximum Gasteiger partial charge on any atom is 0.303 e. The van der Waals surface area contributed by atoms with E-state index < -0.39 is 5.97 Å². The summed E-state index contributed by atoms with van der Waals surface area (Å²) in [7, 11) is 0. The first-order valence-corrected chi connectivity index (χ1v) is 7.52. The first-order valence-electron chi connectivity index (χ1n) is 7.52. The Balaban J connectivity index is 0. The molecule has 0 aromatic rings. The molecule has 0 atom stereocenters. The van der Waals surface area contributed by atoms with E-state index >= 15 is 0 Å². The van der Waals surface area contributed by atoms with E-state index in [4.69, 9.17) is 10.4 Å². The molecule has 20 heavy (non-hydrogen) atoms. The van der Waals surface area contributed by atoms with Gasteiger partial charge in [-0.25, -0.2) is 0 Å². The average molecular weight is 284 g/mol. The highest BCUT2D eigenvalue weighted by Crippen LogP contribution is 2.10. The molecule has 0 unspecified atom stereocenters. The van der Waals surface area contributed by atoms with E-state index in [2.05, 4.69) is 5.32 Å². The van der Waals surface area contributed by atoms with Crippen LogP contribution in [0, 0.1) is 11.3 Å². The minimum absolute atomic E-state index is 0. The van der Waals surface area contributed by atoms with Crippen molar-refractivity contribution in [3.05, 3.63) is 0 Å². The average Bonchev–Trinajstić information content (AvgIpc) is 2.40. The van der Waals surface area contributed by atoms with Gasteiger partial charge in [0.05, 0.1) is 6.07 Å². The smallest absolute Gasteiger partial charge is 0.303 e. The van der Waals surface area contributed by atoms with Gasteiger partial charge in [-0.15, -0.1) is 0 Å². The number of hydrogen-bond donors (Lipinski definition) is 2. The Labute approximate surface area is 122 Å². The molecule has 0 fully saturated rings. The van der Waals surface area contributed by atoms with Crippen LogP contribution in [-0.2, 0) is 9.59 Å². The molecule has 0 saturated carbocycles. The number of rotatable bonds is 13. The zero-order valence-electron chi connectivity index (χ0n) is 12.2. The third kappa shape index (κ3) is 14.5. The van der Waals surface area contributed by atoms with Crippen LogP contribution in [0.25, 0.3) is 0 Å². The molecular weight excluding hydrogens is 256 g/mol. The Morgan fingerprint density at radius 3 is 1.95 bits per heavy atom. The minimum atomic E-state index is -0.702. The summed E-state index contributed by atoms with van der Waals surface area (Å²) in [6.45, 7) is 0.662. The molecule has 5 heteroatoms. The molecule has 5 nitrogen and oxygen atoms in total. The fourth-order valence-corrected chi connectivity index (χ4v) is 2.00. The van der Waals surface area contributed by atoms with Gasteiger partial charge in [-0.3, -0.25) is 9.59 Å². The van der Waals surface area contributed by atoms with E-state index in [1.165, 1.54) is 25.7 Å². The van der Waals surface area contributed by atoms with Gasteiger partial charge in [-0.05, 0) is 12.8 Å². The lowest BCUT2D eigenvalue weighted by atomic mass is 10.1. The fraction of sp³-hybridized carbons (Fsp3) is 0.800. The zero-order chi connectivity index (χ0) is 15.1. The molecule has 0 radical (unpaired) electrons. The van der Waals surface area contributed by atoms with Gasteiger partial charge in [0.15, 0.2) is 0 Å².